The Bertz CT molecular complexity index is 635. The summed E-state index contributed by atoms with van der Waals surface area (Å²) in [4.78, 5) is 35.4. The third kappa shape index (κ3) is 6.01. The van der Waals surface area contributed by atoms with E-state index in [1.54, 1.807) is 0 Å². The maximum absolute atomic E-state index is 12.9. The molecule has 0 radical (unpaired) electrons. The van der Waals surface area contributed by atoms with E-state index in [1.807, 2.05) is 31.1 Å². The number of amides is 2. The zero-order valence-corrected chi connectivity index (χ0v) is 17.1. The third-order valence-corrected chi connectivity index (χ3v) is 5.59. The fourth-order valence-electron chi connectivity index (χ4n) is 4.04. The molecule has 7 heteroatoms. The summed E-state index contributed by atoms with van der Waals surface area (Å²) < 4.78 is 0. The van der Waals surface area contributed by atoms with Gasteiger partial charge < -0.3 is 10.2 Å². The summed E-state index contributed by atoms with van der Waals surface area (Å²) in [6.45, 7) is 10.2. The Morgan fingerprint density at radius 1 is 1.04 bits per heavy atom. The molecule has 2 fully saturated rings. The number of piperidine rings is 1. The first-order valence-electron chi connectivity index (χ1n) is 10.4. The summed E-state index contributed by atoms with van der Waals surface area (Å²) in [5.41, 5.74) is 1.28. The van der Waals surface area contributed by atoms with E-state index in [0.717, 1.165) is 58.7 Å². The van der Waals surface area contributed by atoms with Gasteiger partial charge in [-0.25, -0.2) is 0 Å². The summed E-state index contributed by atoms with van der Waals surface area (Å²) in [5, 5.41) is 2.93. The van der Waals surface area contributed by atoms with Crippen LogP contribution in [0.1, 0.15) is 32.3 Å². The molecule has 1 aromatic heterocycles. The summed E-state index contributed by atoms with van der Waals surface area (Å²) in [5.74, 6) is 0.510. The molecule has 1 N–H and O–H groups in total. The molecule has 3 heterocycles. The van der Waals surface area contributed by atoms with Crippen LogP contribution in [0, 0.1) is 5.92 Å². The molecular formula is C21H33N5O2. The van der Waals surface area contributed by atoms with Crippen LogP contribution in [0.2, 0.25) is 0 Å². The Kier molecular flexibility index (Phi) is 7.39. The predicted octanol–water partition coefficient (Wildman–Crippen LogP) is 0.962. The molecule has 2 aliphatic rings. The Balaban J connectivity index is 1.38. The average Bonchev–Trinajstić information content (AvgIpc) is 2.69. The van der Waals surface area contributed by atoms with Gasteiger partial charge >= 0.3 is 0 Å². The largest absolute Gasteiger partial charge is 0.353 e. The van der Waals surface area contributed by atoms with E-state index in [9.17, 15) is 9.59 Å². The summed E-state index contributed by atoms with van der Waals surface area (Å²) >= 11 is 0. The lowest BCUT2D eigenvalue weighted by Gasteiger charge is -2.38. The zero-order valence-electron chi connectivity index (χ0n) is 17.1. The number of nitrogens with zero attached hydrogens (tertiary/aromatic N) is 4. The Hall–Kier alpha value is -1.99. The lowest BCUT2D eigenvalue weighted by Crippen LogP contribution is -2.53. The lowest BCUT2D eigenvalue weighted by molar-refractivity contribution is -0.139. The van der Waals surface area contributed by atoms with Gasteiger partial charge in [-0.05, 0) is 57.5 Å². The van der Waals surface area contributed by atoms with Crippen molar-refractivity contribution in [3.05, 3.63) is 30.1 Å². The van der Waals surface area contributed by atoms with Gasteiger partial charge in [0.1, 0.15) is 0 Å². The molecule has 154 valence electrons. The van der Waals surface area contributed by atoms with Crippen molar-refractivity contribution in [2.45, 2.75) is 39.3 Å². The van der Waals surface area contributed by atoms with Gasteiger partial charge in [0.25, 0.3) is 0 Å². The van der Waals surface area contributed by atoms with Crippen molar-refractivity contribution in [3.63, 3.8) is 0 Å². The number of likely N-dealkylation sites (tertiary alicyclic amines) is 1. The number of hydrogen-bond acceptors (Lipinski definition) is 5. The topological polar surface area (TPSA) is 68.8 Å². The molecule has 0 aliphatic carbocycles. The minimum atomic E-state index is 0.0661. The molecule has 0 aromatic carbocycles. The van der Waals surface area contributed by atoms with Crippen LogP contribution < -0.4 is 5.32 Å². The highest BCUT2D eigenvalue weighted by atomic mass is 16.2. The Labute approximate surface area is 168 Å². The first-order valence-corrected chi connectivity index (χ1v) is 10.4. The van der Waals surface area contributed by atoms with Crippen LogP contribution in [0.25, 0.3) is 0 Å². The molecule has 0 unspecified atom stereocenters. The quantitative estimate of drug-likeness (QED) is 0.788. The summed E-state index contributed by atoms with van der Waals surface area (Å²) in [6.07, 6.45) is 5.53. The molecule has 0 atom stereocenters. The number of aromatic nitrogens is 1. The van der Waals surface area contributed by atoms with Crippen molar-refractivity contribution in [1.82, 2.24) is 25.0 Å². The third-order valence-electron chi connectivity index (χ3n) is 5.59. The van der Waals surface area contributed by atoms with E-state index in [0.29, 0.717) is 12.5 Å². The number of nitrogens with one attached hydrogen (secondary N) is 1. The first kappa shape index (κ1) is 20.7. The van der Waals surface area contributed by atoms with E-state index in [4.69, 9.17) is 0 Å². The molecular weight excluding hydrogens is 354 g/mol. The van der Waals surface area contributed by atoms with E-state index < -0.39 is 0 Å². The zero-order chi connectivity index (χ0) is 19.9. The number of rotatable bonds is 6. The second-order valence-corrected chi connectivity index (χ2v) is 8.23. The van der Waals surface area contributed by atoms with Crippen LogP contribution >= 0.6 is 0 Å². The van der Waals surface area contributed by atoms with Crippen LogP contribution in [0.5, 0.6) is 0 Å². The summed E-state index contributed by atoms with van der Waals surface area (Å²) in [7, 11) is 0. The summed E-state index contributed by atoms with van der Waals surface area (Å²) in [6, 6.07) is 4.27. The highest BCUT2D eigenvalue weighted by molar-refractivity contribution is 5.79. The normalized spacial score (nSPS) is 19.8. The second kappa shape index (κ2) is 9.98. The molecule has 2 amide bonds. The van der Waals surface area contributed by atoms with Crippen molar-refractivity contribution < 1.29 is 9.59 Å². The van der Waals surface area contributed by atoms with Gasteiger partial charge in [0.15, 0.2) is 0 Å². The molecule has 2 saturated heterocycles. The minimum Gasteiger partial charge on any atom is -0.353 e. The van der Waals surface area contributed by atoms with Gasteiger partial charge in [-0.2, -0.15) is 0 Å². The van der Waals surface area contributed by atoms with E-state index in [1.165, 1.54) is 5.56 Å². The van der Waals surface area contributed by atoms with Crippen molar-refractivity contribution in [3.8, 4) is 0 Å². The number of carbonyl (C=O) groups is 2. The van der Waals surface area contributed by atoms with E-state index in [-0.39, 0.29) is 17.9 Å². The fourth-order valence-corrected chi connectivity index (χ4v) is 4.04. The highest BCUT2D eigenvalue weighted by Crippen LogP contribution is 2.21. The average molecular weight is 388 g/mol. The number of pyridine rings is 1. The van der Waals surface area contributed by atoms with Crippen LogP contribution in [0.3, 0.4) is 0 Å². The monoisotopic (exact) mass is 387 g/mol. The van der Waals surface area contributed by atoms with Gasteiger partial charge in [-0.1, -0.05) is 0 Å². The van der Waals surface area contributed by atoms with E-state index in [2.05, 4.69) is 32.2 Å². The molecule has 0 bridgehead atoms. The van der Waals surface area contributed by atoms with Gasteiger partial charge in [0, 0.05) is 57.1 Å². The van der Waals surface area contributed by atoms with Crippen molar-refractivity contribution in [2.24, 2.45) is 5.92 Å². The molecule has 28 heavy (non-hydrogen) atoms. The van der Waals surface area contributed by atoms with Gasteiger partial charge in [0.05, 0.1) is 6.54 Å². The standard InChI is InChI=1S/C21H33N5O2/c1-17(2)23-20(27)16-25-11-13-26(14-12-25)21(28)19-5-9-24(10-6-19)15-18-3-7-22-8-4-18/h3-4,7-8,17,19H,5-6,9-16H2,1-2H3,(H,23,27). The Morgan fingerprint density at radius 3 is 2.29 bits per heavy atom. The van der Waals surface area contributed by atoms with Crippen molar-refractivity contribution in [1.29, 1.82) is 0 Å². The van der Waals surface area contributed by atoms with Gasteiger partial charge in [-0.15, -0.1) is 0 Å². The second-order valence-electron chi connectivity index (χ2n) is 8.23. The molecule has 0 saturated carbocycles. The van der Waals surface area contributed by atoms with Crippen LogP contribution in [0.4, 0.5) is 0 Å². The van der Waals surface area contributed by atoms with Crippen LogP contribution in [-0.4, -0.2) is 83.4 Å². The maximum atomic E-state index is 12.9. The number of carbonyl (C=O) groups excluding carboxylic acids is 2. The molecule has 7 nitrogen and oxygen atoms in total. The highest BCUT2D eigenvalue weighted by Gasteiger charge is 2.30. The molecule has 3 rings (SSSR count). The maximum Gasteiger partial charge on any atom is 0.234 e. The smallest absolute Gasteiger partial charge is 0.234 e. The number of piperazine rings is 1. The van der Waals surface area contributed by atoms with Crippen molar-refractivity contribution in [2.75, 3.05) is 45.8 Å². The van der Waals surface area contributed by atoms with Crippen molar-refractivity contribution >= 4 is 11.8 Å². The molecule has 2 aliphatic heterocycles. The van der Waals surface area contributed by atoms with Crippen LogP contribution in [-0.2, 0) is 16.1 Å². The van der Waals surface area contributed by atoms with Gasteiger partial charge in [0.2, 0.25) is 11.8 Å². The Morgan fingerprint density at radius 2 is 1.68 bits per heavy atom. The van der Waals surface area contributed by atoms with Crippen LogP contribution in [0.15, 0.2) is 24.5 Å². The molecule has 1 aromatic rings. The molecule has 0 spiro atoms. The first-order chi connectivity index (χ1) is 13.5. The predicted molar refractivity (Wildman–Crippen MR) is 109 cm³/mol. The fraction of sp³-hybridized carbons (Fsp3) is 0.667. The SMILES string of the molecule is CC(C)NC(=O)CN1CCN(C(=O)C2CCN(Cc3ccncc3)CC2)CC1. The van der Waals surface area contributed by atoms with E-state index >= 15 is 0 Å². The lowest BCUT2D eigenvalue weighted by atomic mass is 9.94. The minimum absolute atomic E-state index is 0.0661. The number of hydrogen-bond donors (Lipinski definition) is 1. The van der Waals surface area contributed by atoms with Gasteiger partial charge in [-0.3, -0.25) is 24.4 Å².